The summed E-state index contributed by atoms with van der Waals surface area (Å²) < 4.78 is 27.3. The molecule has 0 saturated carbocycles. The normalized spacial score (nSPS) is 12.5. The second-order valence-electron chi connectivity index (χ2n) is 7.57. The van der Waals surface area contributed by atoms with Crippen LogP contribution in [-0.2, 0) is 11.2 Å². The molecule has 0 bridgehead atoms. The number of amides is 2. The highest BCUT2D eigenvalue weighted by molar-refractivity contribution is 6.43. The molecule has 170 valence electrons. The van der Waals surface area contributed by atoms with Gasteiger partial charge < -0.3 is 20.7 Å². The van der Waals surface area contributed by atoms with Crippen LogP contribution in [0.5, 0.6) is 0 Å². The zero-order valence-corrected chi connectivity index (χ0v) is 17.6. The van der Waals surface area contributed by atoms with Crippen LogP contribution < -0.4 is 10.6 Å². The maximum atomic E-state index is 13.8. The van der Waals surface area contributed by atoms with Gasteiger partial charge in [-0.2, -0.15) is 0 Å². The molecular formula is C24H23BF2N2O4. The maximum absolute atomic E-state index is 13.8. The fourth-order valence-electron chi connectivity index (χ4n) is 3.41. The summed E-state index contributed by atoms with van der Waals surface area (Å²) in [5.74, 6) is -3.18. The summed E-state index contributed by atoms with van der Waals surface area (Å²) in [4.78, 5) is 25.4. The minimum absolute atomic E-state index is 0.0256. The zero-order chi connectivity index (χ0) is 23.8. The average molecular weight is 452 g/mol. The van der Waals surface area contributed by atoms with Crippen molar-refractivity contribution in [1.82, 2.24) is 10.6 Å². The van der Waals surface area contributed by atoms with Crippen molar-refractivity contribution >= 4 is 18.9 Å². The number of nitrogens with one attached hydrogen (secondary N) is 2. The topological polar surface area (TPSA) is 98.7 Å². The van der Waals surface area contributed by atoms with E-state index in [1.165, 1.54) is 36.4 Å². The standard InChI is InChI=1S/C24H23BF2N2O4/c26-19-10-4-6-16(12-19)13-22(25(32)33)29-23(30)15-21(18-9-5-11-20(27)14-18)28-24(31)17-7-2-1-3-8-17/h1-12,14,21-22,32-33H,13,15H2,(H,28,31)(H,29,30)/t21?,22-/m0/s1. The Morgan fingerprint density at radius 1 is 0.848 bits per heavy atom. The predicted octanol–water partition coefficient (Wildman–Crippen LogP) is 2.57. The molecule has 0 aliphatic carbocycles. The molecule has 0 aliphatic rings. The summed E-state index contributed by atoms with van der Waals surface area (Å²) in [5, 5.41) is 24.6. The quantitative estimate of drug-likeness (QED) is 0.375. The average Bonchev–Trinajstić information content (AvgIpc) is 2.78. The van der Waals surface area contributed by atoms with Gasteiger partial charge in [-0.25, -0.2) is 8.78 Å². The highest BCUT2D eigenvalue weighted by atomic mass is 19.1. The SMILES string of the molecule is O=C(CC(NC(=O)c1ccccc1)c1cccc(F)c1)N[C@@H](Cc1cccc(F)c1)B(O)O. The molecule has 0 radical (unpaired) electrons. The van der Waals surface area contributed by atoms with Crippen LogP contribution in [-0.4, -0.2) is 34.9 Å². The van der Waals surface area contributed by atoms with Gasteiger partial charge >= 0.3 is 7.12 Å². The molecule has 0 aliphatic heterocycles. The van der Waals surface area contributed by atoms with Crippen LogP contribution in [0.1, 0.15) is 33.9 Å². The summed E-state index contributed by atoms with van der Waals surface area (Å²) >= 11 is 0. The van der Waals surface area contributed by atoms with Crippen molar-refractivity contribution in [3.8, 4) is 0 Å². The largest absolute Gasteiger partial charge is 0.475 e. The van der Waals surface area contributed by atoms with Gasteiger partial charge in [-0.05, 0) is 53.9 Å². The van der Waals surface area contributed by atoms with Crippen LogP contribution in [0.3, 0.4) is 0 Å². The number of rotatable bonds is 9. The molecule has 0 spiro atoms. The summed E-state index contributed by atoms with van der Waals surface area (Å²) in [6.45, 7) is 0. The third kappa shape index (κ3) is 7.23. The zero-order valence-electron chi connectivity index (χ0n) is 17.6. The molecule has 0 saturated heterocycles. The van der Waals surface area contributed by atoms with Crippen LogP contribution in [0, 0.1) is 11.6 Å². The monoisotopic (exact) mass is 452 g/mol. The number of halogens is 2. The first-order chi connectivity index (χ1) is 15.8. The van der Waals surface area contributed by atoms with Crippen molar-refractivity contribution in [2.24, 2.45) is 0 Å². The van der Waals surface area contributed by atoms with Crippen molar-refractivity contribution in [1.29, 1.82) is 0 Å². The maximum Gasteiger partial charge on any atom is 0.475 e. The van der Waals surface area contributed by atoms with Crippen molar-refractivity contribution in [3.05, 3.63) is 107 Å². The second kappa shape index (κ2) is 11.4. The molecule has 2 amide bonds. The van der Waals surface area contributed by atoms with E-state index in [1.807, 2.05) is 0 Å². The van der Waals surface area contributed by atoms with Gasteiger partial charge in [-0.1, -0.05) is 42.5 Å². The molecule has 1 unspecified atom stereocenters. The summed E-state index contributed by atoms with van der Waals surface area (Å²) in [7, 11) is -1.90. The minimum atomic E-state index is -1.90. The Hall–Kier alpha value is -3.56. The molecule has 3 aromatic rings. The van der Waals surface area contributed by atoms with Gasteiger partial charge in [0.05, 0.1) is 18.4 Å². The molecule has 0 fully saturated rings. The minimum Gasteiger partial charge on any atom is -0.426 e. The number of hydrogen-bond acceptors (Lipinski definition) is 4. The highest BCUT2D eigenvalue weighted by Gasteiger charge is 2.28. The first-order valence-corrected chi connectivity index (χ1v) is 10.3. The third-order valence-electron chi connectivity index (χ3n) is 5.03. The fraction of sp³-hybridized carbons (Fsp3) is 0.167. The predicted molar refractivity (Wildman–Crippen MR) is 120 cm³/mol. The van der Waals surface area contributed by atoms with Crippen molar-refractivity contribution in [2.75, 3.05) is 0 Å². The van der Waals surface area contributed by atoms with Gasteiger partial charge in [-0.15, -0.1) is 0 Å². The molecule has 4 N–H and O–H groups in total. The van der Waals surface area contributed by atoms with E-state index in [1.54, 1.807) is 42.5 Å². The van der Waals surface area contributed by atoms with Crippen LogP contribution in [0.4, 0.5) is 8.78 Å². The first-order valence-electron chi connectivity index (χ1n) is 10.3. The third-order valence-corrected chi connectivity index (χ3v) is 5.03. The molecule has 0 aromatic heterocycles. The lowest BCUT2D eigenvalue weighted by Gasteiger charge is -2.22. The van der Waals surface area contributed by atoms with Crippen molar-refractivity contribution in [3.63, 3.8) is 0 Å². The first kappa shape index (κ1) is 24.1. The molecular weight excluding hydrogens is 429 g/mol. The van der Waals surface area contributed by atoms with E-state index in [4.69, 9.17) is 0 Å². The van der Waals surface area contributed by atoms with Gasteiger partial charge in [0.15, 0.2) is 0 Å². The van der Waals surface area contributed by atoms with E-state index in [0.29, 0.717) is 16.7 Å². The smallest absolute Gasteiger partial charge is 0.426 e. The number of carbonyl (C=O) groups excluding carboxylic acids is 2. The van der Waals surface area contributed by atoms with Gasteiger partial charge in [0.1, 0.15) is 11.6 Å². The molecule has 2 atom stereocenters. The molecule has 3 aromatic carbocycles. The Balaban J connectivity index is 1.74. The van der Waals surface area contributed by atoms with E-state index in [9.17, 15) is 28.4 Å². The lowest BCUT2D eigenvalue weighted by Crippen LogP contribution is -2.48. The van der Waals surface area contributed by atoms with Crippen LogP contribution >= 0.6 is 0 Å². The Labute approximate surface area is 190 Å². The van der Waals surface area contributed by atoms with Gasteiger partial charge in [-0.3, -0.25) is 9.59 Å². The number of carbonyl (C=O) groups is 2. The number of benzene rings is 3. The fourth-order valence-corrected chi connectivity index (χ4v) is 3.41. The lowest BCUT2D eigenvalue weighted by molar-refractivity contribution is -0.122. The van der Waals surface area contributed by atoms with Crippen LogP contribution in [0.2, 0.25) is 0 Å². The van der Waals surface area contributed by atoms with E-state index in [0.717, 1.165) is 0 Å². The van der Waals surface area contributed by atoms with Gasteiger partial charge in [0, 0.05) is 5.56 Å². The van der Waals surface area contributed by atoms with E-state index in [2.05, 4.69) is 10.6 Å². The summed E-state index contributed by atoms with van der Waals surface area (Å²) in [6, 6.07) is 18.6. The van der Waals surface area contributed by atoms with Crippen molar-refractivity contribution in [2.45, 2.75) is 24.8 Å². The molecule has 33 heavy (non-hydrogen) atoms. The van der Waals surface area contributed by atoms with Gasteiger partial charge in [0.2, 0.25) is 5.91 Å². The molecule has 9 heteroatoms. The Bertz CT molecular complexity index is 1100. The van der Waals surface area contributed by atoms with E-state index < -0.39 is 42.6 Å². The molecule has 6 nitrogen and oxygen atoms in total. The summed E-state index contributed by atoms with van der Waals surface area (Å²) in [6.07, 6.45) is -0.309. The number of hydrogen-bond donors (Lipinski definition) is 4. The van der Waals surface area contributed by atoms with Crippen molar-refractivity contribution < 1.29 is 28.4 Å². The Morgan fingerprint density at radius 3 is 2.15 bits per heavy atom. The molecule has 3 rings (SSSR count). The van der Waals surface area contributed by atoms with E-state index >= 15 is 0 Å². The Kier molecular flexibility index (Phi) is 8.29. The van der Waals surface area contributed by atoms with E-state index in [-0.39, 0.29) is 12.8 Å². The van der Waals surface area contributed by atoms with Gasteiger partial charge in [0.25, 0.3) is 5.91 Å². The highest BCUT2D eigenvalue weighted by Crippen LogP contribution is 2.19. The lowest BCUT2D eigenvalue weighted by atomic mass is 9.75. The van der Waals surface area contributed by atoms with Crippen LogP contribution in [0.15, 0.2) is 78.9 Å². The Morgan fingerprint density at radius 2 is 1.52 bits per heavy atom. The van der Waals surface area contributed by atoms with Crippen LogP contribution in [0.25, 0.3) is 0 Å². The molecule has 0 heterocycles. The second-order valence-corrected chi connectivity index (χ2v) is 7.57. The summed E-state index contributed by atoms with van der Waals surface area (Å²) in [5.41, 5.74) is 1.21.